The molecule has 0 radical (unpaired) electrons. The van der Waals surface area contributed by atoms with Crippen molar-refractivity contribution in [1.82, 2.24) is 15.5 Å². The first-order valence-corrected chi connectivity index (χ1v) is 9.62. The molecule has 0 fully saturated rings. The number of hydrogen-bond donors (Lipinski definition) is 2. The van der Waals surface area contributed by atoms with Gasteiger partial charge in [0.15, 0.2) is 4.34 Å². The summed E-state index contributed by atoms with van der Waals surface area (Å²) in [6.45, 7) is 3.51. The van der Waals surface area contributed by atoms with Crippen molar-refractivity contribution in [3.63, 3.8) is 0 Å². The molecule has 0 aliphatic heterocycles. The van der Waals surface area contributed by atoms with Gasteiger partial charge in [0.1, 0.15) is 0 Å². The average Bonchev–Trinajstić information content (AvgIpc) is 3.04. The molecule has 1 amide bonds. The Morgan fingerprint density at radius 2 is 2.00 bits per heavy atom. The number of hydrogen-bond acceptors (Lipinski definition) is 7. The fraction of sp³-hybridized carbons (Fsp3) is 0.438. The lowest BCUT2D eigenvalue weighted by atomic mass is 10.2. The fourth-order valence-electron chi connectivity index (χ4n) is 1.86. The lowest BCUT2D eigenvalue weighted by molar-refractivity contribution is -0.118. The summed E-state index contributed by atoms with van der Waals surface area (Å²) in [5, 5.41) is 15.0. The summed E-state index contributed by atoms with van der Waals surface area (Å²) in [5.74, 6) is 0.341. The van der Waals surface area contributed by atoms with Gasteiger partial charge in [0, 0.05) is 32.9 Å². The highest BCUT2D eigenvalue weighted by Gasteiger charge is 2.08. The molecule has 2 N–H and O–H groups in total. The minimum absolute atomic E-state index is 0.00467. The summed E-state index contributed by atoms with van der Waals surface area (Å²) in [4.78, 5) is 14.0. The number of carbonyl (C=O) groups excluding carboxylic acids is 1. The van der Waals surface area contributed by atoms with Crippen LogP contribution in [0.2, 0.25) is 0 Å². The molecule has 0 aliphatic carbocycles. The molecule has 130 valence electrons. The van der Waals surface area contributed by atoms with Crippen molar-refractivity contribution in [1.29, 1.82) is 0 Å². The third-order valence-corrected chi connectivity index (χ3v) is 5.22. The molecule has 0 bridgehead atoms. The molecule has 2 aromatic rings. The quantitative estimate of drug-likeness (QED) is 0.666. The van der Waals surface area contributed by atoms with Gasteiger partial charge >= 0.3 is 0 Å². The molecular formula is C16H23N5OS2. The molecule has 6 nitrogen and oxygen atoms in total. The minimum atomic E-state index is -0.00467. The van der Waals surface area contributed by atoms with Crippen LogP contribution in [0.4, 0.5) is 10.8 Å². The van der Waals surface area contributed by atoms with Crippen LogP contribution >= 0.6 is 23.1 Å². The lowest BCUT2D eigenvalue weighted by Crippen LogP contribution is -2.24. The summed E-state index contributed by atoms with van der Waals surface area (Å²) in [6, 6.07) is 8.14. The van der Waals surface area contributed by atoms with Crippen molar-refractivity contribution in [2.24, 2.45) is 0 Å². The van der Waals surface area contributed by atoms with E-state index in [4.69, 9.17) is 0 Å². The van der Waals surface area contributed by atoms with Gasteiger partial charge in [-0.05, 0) is 24.1 Å². The molecule has 24 heavy (non-hydrogen) atoms. The van der Waals surface area contributed by atoms with Gasteiger partial charge in [0.05, 0.1) is 5.75 Å². The van der Waals surface area contributed by atoms with E-state index in [1.54, 1.807) is 0 Å². The summed E-state index contributed by atoms with van der Waals surface area (Å²) < 4.78 is 0.805. The van der Waals surface area contributed by atoms with E-state index in [9.17, 15) is 4.79 Å². The fourth-order valence-corrected chi connectivity index (χ4v) is 3.47. The van der Waals surface area contributed by atoms with Crippen molar-refractivity contribution in [2.75, 3.05) is 36.6 Å². The monoisotopic (exact) mass is 365 g/mol. The van der Waals surface area contributed by atoms with Gasteiger partial charge in [-0.3, -0.25) is 4.79 Å². The molecule has 0 aliphatic rings. The van der Waals surface area contributed by atoms with Crippen molar-refractivity contribution < 1.29 is 4.79 Å². The van der Waals surface area contributed by atoms with Crippen LogP contribution in [0.5, 0.6) is 0 Å². The number of aromatic nitrogens is 2. The molecule has 0 saturated heterocycles. The molecule has 8 heteroatoms. The molecule has 2 rings (SSSR count). The minimum Gasteiger partial charge on any atom is -0.378 e. The summed E-state index contributed by atoms with van der Waals surface area (Å²) in [6.07, 6.45) is 1.04. The molecule has 0 atom stereocenters. The molecule has 1 aromatic heterocycles. The number of thioether (sulfide) groups is 1. The second kappa shape index (κ2) is 9.48. The van der Waals surface area contributed by atoms with Crippen LogP contribution in [0.1, 0.15) is 18.9 Å². The van der Waals surface area contributed by atoms with Crippen LogP contribution in [-0.2, 0) is 11.3 Å². The Morgan fingerprint density at radius 1 is 1.25 bits per heavy atom. The second-order valence-corrected chi connectivity index (χ2v) is 7.63. The molecular weight excluding hydrogens is 342 g/mol. The van der Waals surface area contributed by atoms with E-state index in [1.807, 2.05) is 43.3 Å². The van der Waals surface area contributed by atoms with E-state index in [0.717, 1.165) is 33.7 Å². The Morgan fingerprint density at radius 3 is 2.67 bits per heavy atom. The SMILES string of the molecule is CCCNc1nnc(SCC(=O)NCc2ccc(N(C)C)cc2)s1. The number of rotatable bonds is 9. The van der Waals surface area contributed by atoms with Crippen LogP contribution in [0.25, 0.3) is 0 Å². The largest absolute Gasteiger partial charge is 0.378 e. The number of carbonyl (C=O) groups is 1. The van der Waals surface area contributed by atoms with E-state index >= 15 is 0 Å². The first-order valence-electron chi connectivity index (χ1n) is 7.81. The predicted molar refractivity (Wildman–Crippen MR) is 102 cm³/mol. The van der Waals surface area contributed by atoms with Gasteiger partial charge in [-0.1, -0.05) is 42.2 Å². The zero-order valence-corrected chi connectivity index (χ0v) is 15.8. The van der Waals surface area contributed by atoms with Crippen LogP contribution in [-0.4, -0.2) is 42.5 Å². The van der Waals surface area contributed by atoms with Crippen molar-refractivity contribution in [2.45, 2.75) is 24.2 Å². The second-order valence-electron chi connectivity index (χ2n) is 5.43. The van der Waals surface area contributed by atoms with Crippen LogP contribution in [0.15, 0.2) is 28.6 Å². The molecule has 1 heterocycles. The first-order chi connectivity index (χ1) is 11.6. The van der Waals surface area contributed by atoms with Gasteiger partial charge in [-0.25, -0.2) is 0 Å². The van der Waals surface area contributed by atoms with Crippen LogP contribution in [0.3, 0.4) is 0 Å². The van der Waals surface area contributed by atoms with Crippen LogP contribution < -0.4 is 15.5 Å². The van der Waals surface area contributed by atoms with Crippen molar-refractivity contribution >= 4 is 39.8 Å². The maximum Gasteiger partial charge on any atom is 0.230 e. The predicted octanol–water partition coefficient (Wildman–Crippen LogP) is 2.83. The third kappa shape index (κ3) is 6.01. The van der Waals surface area contributed by atoms with Crippen LogP contribution in [0, 0.1) is 0 Å². The summed E-state index contributed by atoms with van der Waals surface area (Å²) in [5.41, 5.74) is 2.23. The van der Waals surface area contributed by atoms with Gasteiger partial charge in [-0.15, -0.1) is 10.2 Å². The lowest BCUT2D eigenvalue weighted by Gasteiger charge is -2.12. The standard InChI is InChI=1S/C16H23N5OS2/c1-4-9-17-15-19-20-16(24-15)23-11-14(22)18-10-12-5-7-13(8-6-12)21(2)3/h5-8H,4,9-11H2,1-3H3,(H,17,19)(H,18,22). The highest BCUT2D eigenvalue weighted by atomic mass is 32.2. The van der Waals surface area contributed by atoms with Gasteiger partial charge in [0.25, 0.3) is 0 Å². The van der Waals surface area contributed by atoms with E-state index < -0.39 is 0 Å². The molecule has 0 saturated carbocycles. The van der Waals surface area contributed by atoms with E-state index in [2.05, 4.69) is 27.8 Å². The molecule has 1 aromatic carbocycles. The number of benzene rings is 1. The third-order valence-electron chi connectivity index (χ3n) is 3.20. The number of amides is 1. The first kappa shape index (κ1) is 18.5. The van der Waals surface area contributed by atoms with Crippen molar-refractivity contribution in [3.05, 3.63) is 29.8 Å². The normalized spacial score (nSPS) is 10.5. The number of nitrogens with zero attached hydrogens (tertiary/aromatic N) is 3. The van der Waals surface area contributed by atoms with Gasteiger partial charge < -0.3 is 15.5 Å². The zero-order chi connectivity index (χ0) is 17.4. The van der Waals surface area contributed by atoms with E-state index in [0.29, 0.717) is 12.3 Å². The summed E-state index contributed by atoms with van der Waals surface area (Å²) >= 11 is 2.89. The Labute approximate surface area is 151 Å². The highest BCUT2D eigenvalue weighted by Crippen LogP contribution is 2.25. The molecule has 0 spiro atoms. The Balaban J connectivity index is 1.72. The number of nitrogens with one attached hydrogen (secondary N) is 2. The molecule has 0 unspecified atom stereocenters. The topological polar surface area (TPSA) is 70.1 Å². The van der Waals surface area contributed by atoms with E-state index in [-0.39, 0.29) is 5.91 Å². The van der Waals surface area contributed by atoms with Gasteiger partial charge in [-0.2, -0.15) is 0 Å². The Bertz CT molecular complexity index is 642. The number of anilines is 2. The average molecular weight is 366 g/mol. The summed E-state index contributed by atoms with van der Waals surface area (Å²) in [7, 11) is 4.01. The maximum atomic E-state index is 11.9. The highest BCUT2D eigenvalue weighted by molar-refractivity contribution is 8.01. The Hall–Kier alpha value is -1.80. The van der Waals surface area contributed by atoms with Crippen molar-refractivity contribution in [3.8, 4) is 0 Å². The van der Waals surface area contributed by atoms with Gasteiger partial charge in [0.2, 0.25) is 11.0 Å². The maximum absolute atomic E-state index is 11.9. The zero-order valence-electron chi connectivity index (χ0n) is 14.2. The smallest absolute Gasteiger partial charge is 0.230 e. The van der Waals surface area contributed by atoms with E-state index in [1.165, 1.54) is 23.1 Å². The Kier molecular flexibility index (Phi) is 7.33.